The highest BCUT2D eigenvalue weighted by Gasteiger charge is 2.56. The van der Waals surface area contributed by atoms with Crippen LogP contribution in [-0.4, -0.2) is 55.6 Å². The highest BCUT2D eigenvalue weighted by Crippen LogP contribution is 2.43. The maximum atomic E-state index is 14.8. The molecule has 3 rings (SSSR count). The van der Waals surface area contributed by atoms with Crippen molar-refractivity contribution < 1.29 is 40.3 Å². The molecule has 0 unspecified atom stereocenters. The first-order valence-electron chi connectivity index (χ1n) is 9.09. The molecule has 1 aliphatic carbocycles. The molecule has 2 aliphatic rings. The maximum absolute atomic E-state index is 14.8. The number of alkyl halides is 4. The van der Waals surface area contributed by atoms with E-state index in [1.54, 1.807) is 0 Å². The van der Waals surface area contributed by atoms with Crippen LogP contribution >= 0.6 is 0 Å². The summed E-state index contributed by atoms with van der Waals surface area (Å²) in [6, 6.07) is 0.103. The van der Waals surface area contributed by atoms with Gasteiger partial charge in [-0.2, -0.15) is 13.1 Å². The molecule has 30 heavy (non-hydrogen) atoms. The number of amides is 1. The minimum absolute atomic E-state index is 0.0724. The van der Waals surface area contributed by atoms with Crippen LogP contribution in [0.25, 0.3) is 0 Å². The SMILES string of the molecule is COC(=O)c1ccc2c(c1)S(=O)(=O)N([C@H]1[C@H](NC(=O)C(C)(F)F)CCCC1(F)F)C2. The fourth-order valence-electron chi connectivity index (χ4n) is 3.81. The van der Waals surface area contributed by atoms with E-state index in [1.807, 2.05) is 5.32 Å². The Bertz CT molecular complexity index is 977. The summed E-state index contributed by atoms with van der Waals surface area (Å²) in [5, 5.41) is 1.90. The van der Waals surface area contributed by atoms with Crippen LogP contribution in [0.4, 0.5) is 17.6 Å². The van der Waals surface area contributed by atoms with Gasteiger partial charge in [-0.25, -0.2) is 22.0 Å². The van der Waals surface area contributed by atoms with Crippen LogP contribution in [-0.2, 0) is 26.1 Å². The Morgan fingerprint density at radius 1 is 1.30 bits per heavy atom. The maximum Gasteiger partial charge on any atom is 0.337 e. The molecular formula is C18H20F4N2O5S. The zero-order chi connectivity index (χ0) is 22.5. The van der Waals surface area contributed by atoms with Crippen molar-refractivity contribution in [1.82, 2.24) is 9.62 Å². The van der Waals surface area contributed by atoms with Gasteiger partial charge in [0.15, 0.2) is 0 Å². The minimum Gasteiger partial charge on any atom is -0.465 e. The number of ether oxygens (including phenoxy) is 1. The molecule has 0 aromatic heterocycles. The summed E-state index contributed by atoms with van der Waals surface area (Å²) >= 11 is 0. The van der Waals surface area contributed by atoms with Gasteiger partial charge in [-0.05, 0) is 30.5 Å². The van der Waals surface area contributed by atoms with E-state index in [4.69, 9.17) is 0 Å². The van der Waals surface area contributed by atoms with Crippen molar-refractivity contribution in [3.05, 3.63) is 29.3 Å². The number of rotatable bonds is 4. The summed E-state index contributed by atoms with van der Waals surface area (Å²) in [5.41, 5.74) is 0.0995. The minimum atomic E-state index is -4.48. The number of fused-ring (bicyclic) bond motifs is 1. The van der Waals surface area contributed by atoms with Gasteiger partial charge in [0.25, 0.3) is 11.8 Å². The summed E-state index contributed by atoms with van der Waals surface area (Å²) in [6.45, 7) is -0.108. The lowest BCUT2D eigenvalue weighted by Gasteiger charge is -2.42. The topological polar surface area (TPSA) is 92.8 Å². The molecule has 1 amide bonds. The first-order valence-corrected chi connectivity index (χ1v) is 10.5. The number of nitrogens with one attached hydrogen (secondary N) is 1. The van der Waals surface area contributed by atoms with Gasteiger partial charge in [-0.1, -0.05) is 6.07 Å². The fourth-order valence-corrected chi connectivity index (χ4v) is 5.71. The van der Waals surface area contributed by atoms with Crippen molar-refractivity contribution in [2.45, 2.75) is 61.6 Å². The Morgan fingerprint density at radius 2 is 1.97 bits per heavy atom. The van der Waals surface area contributed by atoms with Crippen LogP contribution < -0.4 is 5.32 Å². The predicted molar refractivity (Wildman–Crippen MR) is 95.6 cm³/mol. The molecule has 12 heteroatoms. The monoisotopic (exact) mass is 452 g/mol. The second-order valence-electron chi connectivity index (χ2n) is 7.43. The molecule has 0 spiro atoms. The predicted octanol–water partition coefficient (Wildman–Crippen LogP) is 2.31. The van der Waals surface area contributed by atoms with E-state index in [1.165, 1.54) is 12.1 Å². The lowest BCUT2D eigenvalue weighted by atomic mass is 9.86. The second kappa shape index (κ2) is 7.49. The number of methoxy groups -OCH3 is 1. The van der Waals surface area contributed by atoms with Crippen molar-refractivity contribution in [2.75, 3.05) is 7.11 Å². The van der Waals surface area contributed by atoms with Crippen LogP contribution in [0.15, 0.2) is 23.1 Å². The standard InChI is InChI=1S/C18H20F4N2O5S/c1-17(19,20)16(26)23-12-4-3-7-18(21,22)14(12)24-9-11-6-5-10(15(25)29-2)8-13(11)30(24,27)28/h5-6,8,12,14H,3-4,7,9H2,1-2H3,(H,23,26)/t12-,14+/m1/s1. The first kappa shape index (κ1) is 22.5. The van der Waals surface area contributed by atoms with Crippen molar-refractivity contribution >= 4 is 21.9 Å². The quantitative estimate of drug-likeness (QED) is 0.559. The Labute approximate surface area is 170 Å². The smallest absolute Gasteiger partial charge is 0.337 e. The first-order chi connectivity index (χ1) is 13.8. The van der Waals surface area contributed by atoms with Gasteiger partial charge in [0.05, 0.1) is 23.6 Å². The summed E-state index contributed by atoms with van der Waals surface area (Å²) in [7, 11) is -3.37. The molecule has 166 valence electrons. The molecule has 0 saturated heterocycles. The largest absolute Gasteiger partial charge is 0.465 e. The number of esters is 1. The van der Waals surface area contributed by atoms with Crippen molar-refractivity contribution in [2.24, 2.45) is 0 Å². The van der Waals surface area contributed by atoms with Crippen molar-refractivity contribution in [1.29, 1.82) is 0 Å². The second-order valence-corrected chi connectivity index (χ2v) is 9.29. The number of hydrogen-bond acceptors (Lipinski definition) is 5. The highest BCUT2D eigenvalue weighted by atomic mass is 32.2. The molecule has 1 saturated carbocycles. The van der Waals surface area contributed by atoms with Gasteiger partial charge >= 0.3 is 11.9 Å². The van der Waals surface area contributed by atoms with E-state index in [0.29, 0.717) is 11.2 Å². The molecule has 1 N–H and O–H groups in total. The van der Waals surface area contributed by atoms with Gasteiger partial charge in [0, 0.05) is 19.9 Å². The molecule has 1 heterocycles. The van der Waals surface area contributed by atoms with Crippen LogP contribution in [0.2, 0.25) is 0 Å². The molecule has 0 radical (unpaired) electrons. The molecule has 1 aromatic rings. The summed E-state index contributed by atoms with van der Waals surface area (Å²) in [4.78, 5) is 23.1. The fraction of sp³-hybridized carbons (Fsp3) is 0.556. The van der Waals surface area contributed by atoms with Crippen LogP contribution in [0.1, 0.15) is 42.1 Å². The normalized spacial score (nSPS) is 25.4. The number of carbonyl (C=O) groups excluding carboxylic acids is 2. The summed E-state index contributed by atoms with van der Waals surface area (Å²) in [6.07, 6.45) is -0.808. The third kappa shape index (κ3) is 3.89. The third-order valence-electron chi connectivity index (χ3n) is 5.27. The number of carbonyl (C=O) groups is 2. The number of benzene rings is 1. The molecule has 7 nitrogen and oxygen atoms in total. The van der Waals surface area contributed by atoms with Crippen LogP contribution in [0.5, 0.6) is 0 Å². The van der Waals surface area contributed by atoms with Crippen molar-refractivity contribution in [3.63, 3.8) is 0 Å². The van der Waals surface area contributed by atoms with Gasteiger partial charge in [-0.15, -0.1) is 0 Å². The molecule has 1 aromatic carbocycles. The van der Waals surface area contributed by atoms with Crippen LogP contribution in [0.3, 0.4) is 0 Å². The van der Waals surface area contributed by atoms with E-state index < -0.39 is 58.8 Å². The number of halogens is 4. The molecule has 1 fully saturated rings. The summed E-state index contributed by atoms with van der Waals surface area (Å²) < 4.78 is 87.4. The molecule has 1 aliphatic heterocycles. The lowest BCUT2D eigenvalue weighted by Crippen LogP contribution is -2.63. The Kier molecular flexibility index (Phi) is 5.61. The number of hydrogen-bond donors (Lipinski definition) is 1. The van der Waals surface area contributed by atoms with Crippen LogP contribution in [0, 0.1) is 0 Å². The zero-order valence-corrected chi connectivity index (χ0v) is 16.9. The highest BCUT2D eigenvalue weighted by molar-refractivity contribution is 7.89. The number of sulfonamides is 1. The van der Waals surface area contributed by atoms with Crippen molar-refractivity contribution in [3.8, 4) is 0 Å². The van der Waals surface area contributed by atoms with E-state index in [9.17, 15) is 35.6 Å². The Hall–Kier alpha value is -2.21. The Balaban J connectivity index is 2.00. The molecule has 2 atom stereocenters. The van der Waals surface area contributed by atoms with E-state index >= 15 is 0 Å². The van der Waals surface area contributed by atoms with Gasteiger partial charge in [-0.3, -0.25) is 4.79 Å². The summed E-state index contributed by atoms with van der Waals surface area (Å²) in [5.74, 6) is -9.92. The zero-order valence-electron chi connectivity index (χ0n) is 16.1. The van der Waals surface area contributed by atoms with E-state index in [-0.39, 0.29) is 28.9 Å². The van der Waals surface area contributed by atoms with E-state index in [2.05, 4.69) is 4.74 Å². The number of nitrogens with zero attached hydrogens (tertiary/aromatic N) is 1. The average molecular weight is 452 g/mol. The van der Waals surface area contributed by atoms with Gasteiger partial charge in [0.2, 0.25) is 10.0 Å². The van der Waals surface area contributed by atoms with Gasteiger partial charge in [0.1, 0.15) is 6.04 Å². The van der Waals surface area contributed by atoms with Gasteiger partial charge < -0.3 is 10.1 Å². The molecule has 0 bridgehead atoms. The molecular weight excluding hydrogens is 432 g/mol. The Morgan fingerprint density at radius 3 is 2.57 bits per heavy atom. The average Bonchev–Trinajstić information content (AvgIpc) is 2.90. The lowest BCUT2D eigenvalue weighted by molar-refractivity contribution is -0.148. The third-order valence-corrected chi connectivity index (χ3v) is 7.18. The van der Waals surface area contributed by atoms with E-state index in [0.717, 1.165) is 13.2 Å².